The van der Waals surface area contributed by atoms with Crippen LogP contribution >= 0.6 is 0 Å². The molecule has 4 nitrogen and oxygen atoms in total. The lowest BCUT2D eigenvalue weighted by atomic mass is 10.1. The molecule has 24 heavy (non-hydrogen) atoms. The molecule has 1 aromatic heterocycles. The fourth-order valence-electron chi connectivity index (χ4n) is 2.56. The zero-order valence-corrected chi connectivity index (χ0v) is 13.0. The Balaban J connectivity index is 1.77. The SMILES string of the molecule is C#CCn1cc(/C=N\OCc2ccccc2C#N)c2ccccc21. The Bertz CT molecular complexity index is 970. The van der Waals surface area contributed by atoms with Gasteiger partial charge in [-0.1, -0.05) is 47.5 Å². The number of hydrogen-bond acceptors (Lipinski definition) is 3. The number of terminal acetylenes is 1. The van der Waals surface area contributed by atoms with Gasteiger partial charge in [0.15, 0.2) is 0 Å². The maximum Gasteiger partial charge on any atom is 0.143 e. The molecule has 0 aliphatic carbocycles. The summed E-state index contributed by atoms with van der Waals surface area (Å²) in [5.74, 6) is 2.65. The third-order valence-corrected chi connectivity index (χ3v) is 3.71. The summed E-state index contributed by atoms with van der Waals surface area (Å²) in [6, 6.07) is 17.5. The highest BCUT2D eigenvalue weighted by atomic mass is 16.6. The first-order valence-corrected chi connectivity index (χ1v) is 7.48. The van der Waals surface area contributed by atoms with Gasteiger partial charge in [-0.3, -0.25) is 0 Å². The molecule has 4 heteroatoms. The largest absolute Gasteiger partial charge is 0.391 e. The third kappa shape index (κ3) is 3.14. The van der Waals surface area contributed by atoms with Crippen molar-refractivity contribution >= 4 is 17.1 Å². The Labute approximate surface area is 140 Å². The molecule has 0 fully saturated rings. The molecule has 0 saturated heterocycles. The van der Waals surface area contributed by atoms with Gasteiger partial charge < -0.3 is 9.40 Å². The van der Waals surface area contributed by atoms with E-state index in [1.165, 1.54) is 0 Å². The normalized spacial score (nSPS) is 10.6. The molecule has 1 heterocycles. The molecule has 0 spiro atoms. The summed E-state index contributed by atoms with van der Waals surface area (Å²) < 4.78 is 2.00. The topological polar surface area (TPSA) is 50.3 Å². The highest BCUT2D eigenvalue weighted by molar-refractivity contribution is 5.99. The predicted molar refractivity (Wildman–Crippen MR) is 94.3 cm³/mol. The van der Waals surface area contributed by atoms with Crippen LogP contribution in [0.1, 0.15) is 16.7 Å². The monoisotopic (exact) mass is 313 g/mol. The second-order valence-corrected chi connectivity index (χ2v) is 5.21. The molecule has 0 radical (unpaired) electrons. The molecule has 0 amide bonds. The second-order valence-electron chi connectivity index (χ2n) is 5.21. The molecular weight excluding hydrogens is 298 g/mol. The number of aromatic nitrogens is 1. The number of para-hydroxylation sites is 1. The van der Waals surface area contributed by atoms with Crippen molar-refractivity contribution in [2.24, 2.45) is 5.16 Å². The lowest BCUT2D eigenvalue weighted by Crippen LogP contribution is -1.92. The summed E-state index contributed by atoms with van der Waals surface area (Å²) >= 11 is 0. The first kappa shape index (κ1) is 15.4. The summed E-state index contributed by atoms with van der Waals surface area (Å²) in [7, 11) is 0. The minimum Gasteiger partial charge on any atom is -0.391 e. The number of fused-ring (bicyclic) bond motifs is 1. The van der Waals surface area contributed by atoms with Gasteiger partial charge in [0.2, 0.25) is 0 Å². The standard InChI is InChI=1S/C20H15N3O/c1-2-11-23-14-18(19-9-5-6-10-20(19)23)13-22-24-15-17-8-4-3-7-16(17)12-21/h1,3-10,13-14H,11,15H2/b22-13-. The summed E-state index contributed by atoms with van der Waals surface area (Å²) in [5.41, 5.74) is 3.41. The number of nitriles is 1. The van der Waals surface area contributed by atoms with Crippen LogP contribution < -0.4 is 0 Å². The van der Waals surface area contributed by atoms with Crippen LogP contribution in [-0.2, 0) is 18.0 Å². The van der Waals surface area contributed by atoms with E-state index in [1.54, 1.807) is 12.3 Å². The van der Waals surface area contributed by atoms with Gasteiger partial charge in [0.05, 0.1) is 24.4 Å². The molecule has 0 N–H and O–H groups in total. The number of rotatable bonds is 5. The molecule has 0 unspecified atom stereocenters. The average Bonchev–Trinajstić information content (AvgIpc) is 2.97. The van der Waals surface area contributed by atoms with Gasteiger partial charge in [0.25, 0.3) is 0 Å². The zero-order valence-electron chi connectivity index (χ0n) is 13.0. The fraction of sp³-hybridized carbons (Fsp3) is 0.100. The quantitative estimate of drug-likeness (QED) is 0.410. The molecule has 116 valence electrons. The highest BCUT2D eigenvalue weighted by Crippen LogP contribution is 2.20. The number of benzene rings is 2. The summed E-state index contributed by atoms with van der Waals surface area (Å²) in [4.78, 5) is 5.35. The van der Waals surface area contributed by atoms with E-state index in [-0.39, 0.29) is 6.61 Å². The molecular formula is C20H15N3O. The lowest BCUT2D eigenvalue weighted by molar-refractivity contribution is 0.132. The predicted octanol–water partition coefficient (Wildman–Crippen LogP) is 3.70. The Morgan fingerprint density at radius 3 is 2.79 bits per heavy atom. The van der Waals surface area contributed by atoms with Crippen molar-refractivity contribution in [3.63, 3.8) is 0 Å². The van der Waals surface area contributed by atoms with Gasteiger partial charge in [-0.2, -0.15) is 5.26 Å². The van der Waals surface area contributed by atoms with Crippen LogP contribution in [0.25, 0.3) is 10.9 Å². The van der Waals surface area contributed by atoms with Crippen LogP contribution in [0.5, 0.6) is 0 Å². The van der Waals surface area contributed by atoms with Crippen molar-refractivity contribution in [3.05, 3.63) is 71.4 Å². The van der Waals surface area contributed by atoms with Gasteiger partial charge in [-0.05, 0) is 12.1 Å². The summed E-state index contributed by atoms with van der Waals surface area (Å²) in [5, 5.41) is 14.2. The zero-order chi connectivity index (χ0) is 16.8. The van der Waals surface area contributed by atoms with Crippen LogP contribution in [0.3, 0.4) is 0 Å². The Kier molecular flexibility index (Phi) is 4.60. The van der Waals surface area contributed by atoms with Gasteiger partial charge in [0.1, 0.15) is 6.61 Å². The first-order valence-electron chi connectivity index (χ1n) is 7.48. The maximum atomic E-state index is 9.06. The number of hydrogen-bond donors (Lipinski definition) is 0. The van der Waals surface area contributed by atoms with E-state index in [0.29, 0.717) is 12.1 Å². The van der Waals surface area contributed by atoms with Gasteiger partial charge in [-0.15, -0.1) is 6.42 Å². The van der Waals surface area contributed by atoms with Crippen LogP contribution in [-0.4, -0.2) is 10.8 Å². The Hall–Kier alpha value is -3.50. The van der Waals surface area contributed by atoms with Crippen molar-refractivity contribution < 1.29 is 4.84 Å². The van der Waals surface area contributed by atoms with Gasteiger partial charge in [-0.25, -0.2) is 0 Å². The molecule has 2 aromatic carbocycles. The van der Waals surface area contributed by atoms with Crippen molar-refractivity contribution in [1.82, 2.24) is 4.57 Å². The second kappa shape index (κ2) is 7.17. The molecule has 3 aromatic rings. The smallest absolute Gasteiger partial charge is 0.143 e. The summed E-state index contributed by atoms with van der Waals surface area (Å²) in [6.07, 6.45) is 9.05. The van der Waals surface area contributed by atoms with Crippen LogP contribution in [0.2, 0.25) is 0 Å². The van der Waals surface area contributed by atoms with E-state index in [2.05, 4.69) is 17.1 Å². The number of oxime groups is 1. The van der Waals surface area contributed by atoms with Crippen LogP contribution in [0.15, 0.2) is 59.9 Å². The van der Waals surface area contributed by atoms with Crippen molar-refractivity contribution in [2.75, 3.05) is 0 Å². The maximum absolute atomic E-state index is 9.06. The Morgan fingerprint density at radius 1 is 1.17 bits per heavy atom. The number of nitrogens with zero attached hydrogens (tertiary/aromatic N) is 3. The molecule has 0 atom stereocenters. The molecule has 0 saturated carbocycles. The Morgan fingerprint density at radius 2 is 1.96 bits per heavy atom. The molecule has 0 aliphatic rings. The average molecular weight is 313 g/mol. The van der Waals surface area contributed by atoms with E-state index >= 15 is 0 Å². The van der Waals surface area contributed by atoms with Gasteiger partial charge in [0, 0.05) is 28.2 Å². The van der Waals surface area contributed by atoms with Crippen LogP contribution in [0.4, 0.5) is 0 Å². The minimum atomic E-state index is 0.253. The van der Waals surface area contributed by atoms with Gasteiger partial charge >= 0.3 is 0 Å². The summed E-state index contributed by atoms with van der Waals surface area (Å²) in [6.45, 7) is 0.758. The van der Waals surface area contributed by atoms with E-state index in [1.807, 2.05) is 53.2 Å². The molecule has 3 rings (SSSR count). The highest BCUT2D eigenvalue weighted by Gasteiger charge is 2.05. The van der Waals surface area contributed by atoms with Crippen molar-refractivity contribution in [3.8, 4) is 18.4 Å². The third-order valence-electron chi connectivity index (χ3n) is 3.71. The van der Waals surface area contributed by atoms with Crippen molar-refractivity contribution in [1.29, 1.82) is 5.26 Å². The minimum absolute atomic E-state index is 0.253. The molecule has 0 bridgehead atoms. The first-order chi connectivity index (χ1) is 11.8. The van der Waals surface area contributed by atoms with E-state index < -0.39 is 0 Å². The van der Waals surface area contributed by atoms with Crippen molar-refractivity contribution in [2.45, 2.75) is 13.2 Å². The fourth-order valence-corrected chi connectivity index (χ4v) is 2.56. The lowest BCUT2D eigenvalue weighted by Gasteiger charge is -2.01. The van der Waals surface area contributed by atoms with E-state index in [0.717, 1.165) is 22.0 Å². The van der Waals surface area contributed by atoms with Crippen LogP contribution in [0, 0.1) is 23.7 Å². The van der Waals surface area contributed by atoms with E-state index in [9.17, 15) is 0 Å². The van der Waals surface area contributed by atoms with E-state index in [4.69, 9.17) is 16.5 Å². The molecule has 0 aliphatic heterocycles.